The normalized spacial score (nSPS) is 32.8. The summed E-state index contributed by atoms with van der Waals surface area (Å²) in [6, 6.07) is 0.544. The number of halogens is 1. The van der Waals surface area contributed by atoms with Crippen molar-refractivity contribution in [2.75, 3.05) is 32.8 Å². The highest BCUT2D eigenvalue weighted by atomic mass is 35.5. The lowest BCUT2D eigenvalue weighted by Crippen LogP contribution is -2.42. The number of nitrogens with zero attached hydrogens (tertiary/aromatic N) is 1. The molecule has 1 amide bonds. The number of hydrogen-bond donors (Lipinski definition) is 1. The van der Waals surface area contributed by atoms with Crippen molar-refractivity contribution in [3.63, 3.8) is 0 Å². The van der Waals surface area contributed by atoms with E-state index in [-0.39, 0.29) is 31.0 Å². The first-order valence-electron chi connectivity index (χ1n) is 7.57. The summed E-state index contributed by atoms with van der Waals surface area (Å²) < 4.78 is 11.6. The molecule has 3 aliphatic heterocycles. The Bertz CT molecular complexity index is 324. The highest BCUT2D eigenvalue weighted by Crippen LogP contribution is 2.25. The number of rotatable bonds is 4. The molecule has 1 N–H and O–H groups in total. The molecule has 3 aliphatic rings. The summed E-state index contributed by atoms with van der Waals surface area (Å²) in [7, 11) is 0. The van der Waals surface area contributed by atoms with E-state index in [1.807, 2.05) is 4.90 Å². The quantitative estimate of drug-likeness (QED) is 0.840. The van der Waals surface area contributed by atoms with Gasteiger partial charge in [0, 0.05) is 19.1 Å². The van der Waals surface area contributed by atoms with Crippen molar-refractivity contribution in [2.45, 2.75) is 50.4 Å². The van der Waals surface area contributed by atoms with Crippen molar-refractivity contribution < 1.29 is 14.3 Å². The molecule has 0 radical (unpaired) electrons. The SMILES string of the molecule is Cl.O=C(COC[C@@H]1CC[C@H]2NCC[C@H]2O1)N1CCCC1. The van der Waals surface area contributed by atoms with E-state index in [0.717, 1.165) is 45.3 Å². The minimum absolute atomic E-state index is 0. The molecule has 3 fully saturated rings. The maximum atomic E-state index is 11.8. The van der Waals surface area contributed by atoms with Crippen molar-refractivity contribution in [1.82, 2.24) is 10.2 Å². The minimum Gasteiger partial charge on any atom is -0.371 e. The fourth-order valence-electron chi connectivity index (χ4n) is 3.33. The Hall–Kier alpha value is -0.360. The lowest BCUT2D eigenvalue weighted by molar-refractivity contribution is -0.138. The maximum absolute atomic E-state index is 11.8. The van der Waals surface area contributed by atoms with Crippen LogP contribution in [0.15, 0.2) is 0 Å². The molecule has 0 aromatic heterocycles. The number of carbonyl (C=O) groups is 1. The second-order valence-electron chi connectivity index (χ2n) is 5.83. The monoisotopic (exact) mass is 304 g/mol. The highest BCUT2D eigenvalue weighted by molar-refractivity contribution is 5.85. The molecule has 20 heavy (non-hydrogen) atoms. The van der Waals surface area contributed by atoms with Crippen molar-refractivity contribution in [2.24, 2.45) is 0 Å². The number of hydrogen-bond acceptors (Lipinski definition) is 4. The van der Waals surface area contributed by atoms with Crippen LogP contribution >= 0.6 is 12.4 Å². The Morgan fingerprint density at radius 2 is 2.05 bits per heavy atom. The third-order valence-corrected chi connectivity index (χ3v) is 4.44. The fraction of sp³-hybridized carbons (Fsp3) is 0.929. The molecule has 0 aromatic rings. The Labute approximate surface area is 126 Å². The first kappa shape index (κ1) is 16.0. The average molecular weight is 305 g/mol. The van der Waals surface area contributed by atoms with Gasteiger partial charge >= 0.3 is 0 Å². The van der Waals surface area contributed by atoms with E-state index in [2.05, 4.69) is 5.32 Å². The van der Waals surface area contributed by atoms with Gasteiger partial charge in [0.15, 0.2) is 0 Å². The Kier molecular flexibility index (Phi) is 6.08. The predicted molar refractivity (Wildman–Crippen MR) is 78.2 cm³/mol. The summed E-state index contributed by atoms with van der Waals surface area (Å²) >= 11 is 0. The van der Waals surface area contributed by atoms with Crippen LogP contribution < -0.4 is 5.32 Å². The lowest BCUT2D eigenvalue weighted by atomic mass is 10.0. The largest absolute Gasteiger partial charge is 0.371 e. The standard InChI is InChI=1S/C14H24N2O3.ClH/c17-14(16-7-1-2-8-16)10-18-9-11-3-4-12-13(19-11)5-6-15-12;/h11-13,15H,1-10H2;1H/t11-,12+,13+;/m0./s1. The maximum Gasteiger partial charge on any atom is 0.248 e. The van der Waals surface area contributed by atoms with Crippen LogP contribution in [0.1, 0.15) is 32.1 Å². The summed E-state index contributed by atoms with van der Waals surface area (Å²) in [5.41, 5.74) is 0. The molecule has 6 heteroatoms. The van der Waals surface area contributed by atoms with Crippen LogP contribution in [0.2, 0.25) is 0 Å². The second kappa shape index (κ2) is 7.59. The number of carbonyl (C=O) groups excluding carboxylic acids is 1. The zero-order chi connectivity index (χ0) is 13.1. The minimum atomic E-state index is 0. The topological polar surface area (TPSA) is 50.8 Å². The molecule has 3 heterocycles. The van der Waals surface area contributed by atoms with Crippen LogP contribution in [0, 0.1) is 0 Å². The average Bonchev–Trinajstić information content (AvgIpc) is 3.09. The number of nitrogens with one attached hydrogen (secondary N) is 1. The van der Waals surface area contributed by atoms with Crippen LogP contribution in [-0.2, 0) is 14.3 Å². The molecule has 0 aliphatic carbocycles. The van der Waals surface area contributed by atoms with Gasteiger partial charge < -0.3 is 19.7 Å². The number of amides is 1. The summed E-state index contributed by atoms with van der Waals surface area (Å²) in [5, 5.41) is 3.46. The third kappa shape index (κ3) is 3.85. The fourth-order valence-corrected chi connectivity index (χ4v) is 3.33. The summed E-state index contributed by atoms with van der Waals surface area (Å²) in [6.07, 6.45) is 6.10. The van der Waals surface area contributed by atoms with Crippen molar-refractivity contribution >= 4 is 18.3 Å². The van der Waals surface area contributed by atoms with Gasteiger partial charge in [0.05, 0.1) is 18.8 Å². The molecule has 0 aromatic carbocycles. The molecule has 3 rings (SSSR count). The first-order valence-corrected chi connectivity index (χ1v) is 7.57. The van der Waals surface area contributed by atoms with E-state index < -0.39 is 0 Å². The van der Waals surface area contributed by atoms with Crippen LogP contribution in [-0.4, -0.2) is 61.9 Å². The first-order chi connectivity index (χ1) is 9.33. The molecule has 0 spiro atoms. The van der Waals surface area contributed by atoms with Crippen LogP contribution in [0.3, 0.4) is 0 Å². The van der Waals surface area contributed by atoms with Gasteiger partial charge in [-0.3, -0.25) is 4.79 Å². The Morgan fingerprint density at radius 3 is 2.85 bits per heavy atom. The van der Waals surface area contributed by atoms with E-state index >= 15 is 0 Å². The molecular weight excluding hydrogens is 280 g/mol. The van der Waals surface area contributed by atoms with Gasteiger partial charge in [0.25, 0.3) is 0 Å². The van der Waals surface area contributed by atoms with E-state index in [9.17, 15) is 4.79 Å². The lowest BCUT2D eigenvalue weighted by Gasteiger charge is -2.32. The third-order valence-electron chi connectivity index (χ3n) is 4.44. The molecule has 0 saturated carbocycles. The summed E-state index contributed by atoms with van der Waals surface area (Å²) in [6.45, 7) is 3.64. The zero-order valence-corrected chi connectivity index (χ0v) is 12.7. The van der Waals surface area contributed by atoms with Gasteiger partial charge in [-0.05, 0) is 38.6 Å². The van der Waals surface area contributed by atoms with E-state index in [1.165, 1.54) is 6.42 Å². The van der Waals surface area contributed by atoms with Gasteiger partial charge in [-0.15, -0.1) is 12.4 Å². The van der Waals surface area contributed by atoms with Gasteiger partial charge in [-0.2, -0.15) is 0 Å². The Balaban J connectivity index is 0.00000147. The predicted octanol–water partition coefficient (Wildman–Crippen LogP) is 0.957. The second-order valence-corrected chi connectivity index (χ2v) is 5.83. The smallest absolute Gasteiger partial charge is 0.248 e. The summed E-state index contributed by atoms with van der Waals surface area (Å²) in [4.78, 5) is 13.7. The summed E-state index contributed by atoms with van der Waals surface area (Å²) in [5.74, 6) is 0.133. The highest BCUT2D eigenvalue weighted by Gasteiger charge is 2.34. The number of likely N-dealkylation sites (tertiary alicyclic amines) is 1. The van der Waals surface area contributed by atoms with Crippen molar-refractivity contribution in [3.8, 4) is 0 Å². The molecule has 116 valence electrons. The van der Waals surface area contributed by atoms with E-state index in [0.29, 0.717) is 18.8 Å². The van der Waals surface area contributed by atoms with Crippen LogP contribution in [0.4, 0.5) is 0 Å². The van der Waals surface area contributed by atoms with Crippen LogP contribution in [0.25, 0.3) is 0 Å². The molecule has 0 unspecified atom stereocenters. The zero-order valence-electron chi connectivity index (χ0n) is 11.9. The van der Waals surface area contributed by atoms with Gasteiger partial charge in [0.1, 0.15) is 6.61 Å². The number of fused-ring (bicyclic) bond motifs is 1. The molecule has 3 atom stereocenters. The van der Waals surface area contributed by atoms with Gasteiger partial charge in [0.2, 0.25) is 5.91 Å². The van der Waals surface area contributed by atoms with Crippen molar-refractivity contribution in [1.29, 1.82) is 0 Å². The van der Waals surface area contributed by atoms with Gasteiger partial charge in [-0.1, -0.05) is 0 Å². The van der Waals surface area contributed by atoms with Crippen molar-refractivity contribution in [3.05, 3.63) is 0 Å². The van der Waals surface area contributed by atoms with E-state index in [1.54, 1.807) is 0 Å². The van der Waals surface area contributed by atoms with Crippen LogP contribution in [0.5, 0.6) is 0 Å². The Morgan fingerprint density at radius 1 is 1.25 bits per heavy atom. The number of ether oxygens (including phenoxy) is 2. The molecule has 3 saturated heterocycles. The van der Waals surface area contributed by atoms with Gasteiger partial charge in [-0.25, -0.2) is 0 Å². The van der Waals surface area contributed by atoms with E-state index in [4.69, 9.17) is 9.47 Å². The molecule has 5 nitrogen and oxygen atoms in total. The molecule has 0 bridgehead atoms. The molecular formula is C14H25ClN2O3.